The maximum absolute atomic E-state index is 12.1. The number of hydrogen-bond donors (Lipinski definition) is 2. The maximum Gasteiger partial charge on any atom is 0.244 e. The highest BCUT2D eigenvalue weighted by atomic mass is 32.2. The van der Waals surface area contributed by atoms with E-state index >= 15 is 0 Å². The Morgan fingerprint density at radius 3 is 2.88 bits per heavy atom. The van der Waals surface area contributed by atoms with Crippen LogP contribution in [0.5, 0.6) is 0 Å². The molecule has 1 saturated carbocycles. The molecule has 2 N–H and O–H groups in total. The van der Waals surface area contributed by atoms with E-state index in [1.165, 1.54) is 0 Å². The third-order valence-electron chi connectivity index (χ3n) is 2.50. The number of hydrogen-bond acceptors (Lipinski definition) is 4. The minimum Gasteiger partial charge on any atom is -0.369 e. The molecule has 0 amide bonds. The van der Waals surface area contributed by atoms with Gasteiger partial charge < -0.3 is 5.32 Å². The molecule has 6 heteroatoms. The van der Waals surface area contributed by atoms with Crippen molar-refractivity contribution < 1.29 is 8.42 Å². The van der Waals surface area contributed by atoms with E-state index in [4.69, 9.17) is 0 Å². The van der Waals surface area contributed by atoms with Gasteiger partial charge in [0.25, 0.3) is 0 Å². The van der Waals surface area contributed by atoms with Crippen molar-refractivity contribution in [1.82, 2.24) is 9.71 Å². The van der Waals surface area contributed by atoms with Crippen LogP contribution in [0.3, 0.4) is 0 Å². The molecule has 0 spiro atoms. The molecule has 0 aromatic carbocycles. The fourth-order valence-corrected chi connectivity index (χ4v) is 2.91. The Hall–Kier alpha value is -1.14. The van der Waals surface area contributed by atoms with Gasteiger partial charge in [0.05, 0.1) is 0 Å². The molecule has 0 unspecified atom stereocenters. The van der Waals surface area contributed by atoms with Crippen LogP contribution < -0.4 is 10.0 Å². The van der Waals surface area contributed by atoms with Gasteiger partial charge in [-0.3, -0.25) is 0 Å². The fraction of sp³-hybridized carbons (Fsp3) is 0.545. The highest BCUT2D eigenvalue weighted by molar-refractivity contribution is 7.89. The summed E-state index contributed by atoms with van der Waals surface area (Å²) in [5, 5.41) is 3.03. The molecule has 0 radical (unpaired) electrons. The lowest BCUT2D eigenvalue weighted by atomic mass is 10.4. The molecule has 0 atom stereocenters. The molecular weight excluding hydrogens is 238 g/mol. The molecule has 1 heterocycles. The van der Waals surface area contributed by atoms with Crippen LogP contribution >= 0.6 is 0 Å². The van der Waals surface area contributed by atoms with Crippen molar-refractivity contribution in [2.45, 2.75) is 37.1 Å². The summed E-state index contributed by atoms with van der Waals surface area (Å²) < 4.78 is 26.8. The highest BCUT2D eigenvalue weighted by Crippen LogP contribution is 2.24. The first-order chi connectivity index (χ1) is 8.13. The van der Waals surface area contributed by atoms with E-state index in [-0.39, 0.29) is 10.9 Å². The van der Waals surface area contributed by atoms with Crippen LogP contribution in [-0.4, -0.2) is 26.0 Å². The summed E-state index contributed by atoms with van der Waals surface area (Å²) in [5.74, 6) is 0.433. The summed E-state index contributed by atoms with van der Waals surface area (Å²) in [6.45, 7) is 2.73. The van der Waals surface area contributed by atoms with Crippen LogP contribution in [0.1, 0.15) is 26.2 Å². The van der Waals surface area contributed by atoms with E-state index in [9.17, 15) is 8.42 Å². The molecule has 0 aliphatic heterocycles. The first kappa shape index (κ1) is 12.3. The predicted octanol–water partition coefficient (Wildman–Crippen LogP) is 1.34. The number of rotatable bonds is 6. The summed E-state index contributed by atoms with van der Waals surface area (Å²) in [4.78, 5) is 4.32. The van der Waals surface area contributed by atoms with Gasteiger partial charge in [0.2, 0.25) is 10.0 Å². The van der Waals surface area contributed by atoms with Gasteiger partial charge in [0.1, 0.15) is 10.7 Å². The van der Waals surface area contributed by atoms with Gasteiger partial charge in [-0.15, -0.1) is 0 Å². The Morgan fingerprint density at radius 2 is 2.24 bits per heavy atom. The van der Waals surface area contributed by atoms with Crippen molar-refractivity contribution in [3.8, 4) is 0 Å². The zero-order valence-electron chi connectivity index (χ0n) is 9.81. The van der Waals surface area contributed by atoms with Crippen LogP contribution in [0, 0.1) is 0 Å². The first-order valence-corrected chi connectivity index (χ1v) is 7.33. The Bertz CT molecular complexity index is 483. The lowest BCUT2D eigenvalue weighted by Crippen LogP contribution is -2.26. The van der Waals surface area contributed by atoms with Crippen molar-refractivity contribution in [1.29, 1.82) is 0 Å². The second kappa shape index (κ2) is 5.01. The topological polar surface area (TPSA) is 71.1 Å². The third-order valence-corrected chi connectivity index (χ3v) is 4.05. The highest BCUT2D eigenvalue weighted by Gasteiger charge is 2.29. The van der Waals surface area contributed by atoms with Gasteiger partial charge in [-0.05, 0) is 31.4 Å². The van der Waals surface area contributed by atoms with E-state index < -0.39 is 10.0 Å². The predicted molar refractivity (Wildman–Crippen MR) is 66.4 cm³/mol. The SMILES string of the molecule is CCCNc1ncccc1S(=O)(=O)NC1CC1. The van der Waals surface area contributed by atoms with Crippen molar-refractivity contribution in [2.75, 3.05) is 11.9 Å². The average molecular weight is 255 g/mol. The Labute approximate surface area is 102 Å². The summed E-state index contributed by atoms with van der Waals surface area (Å²) in [7, 11) is -3.43. The minimum atomic E-state index is -3.43. The van der Waals surface area contributed by atoms with Gasteiger partial charge >= 0.3 is 0 Å². The van der Waals surface area contributed by atoms with Gasteiger partial charge in [-0.25, -0.2) is 18.1 Å². The minimum absolute atomic E-state index is 0.110. The summed E-state index contributed by atoms with van der Waals surface area (Å²) in [6.07, 6.45) is 4.37. The second-order valence-electron chi connectivity index (χ2n) is 4.17. The van der Waals surface area contributed by atoms with Crippen molar-refractivity contribution in [3.63, 3.8) is 0 Å². The molecule has 0 bridgehead atoms. The number of sulfonamides is 1. The molecule has 1 aliphatic carbocycles. The molecular formula is C11H17N3O2S. The van der Waals surface area contributed by atoms with Crippen LogP contribution in [-0.2, 0) is 10.0 Å². The standard InChI is InChI=1S/C11H17N3O2S/c1-2-7-12-11-10(4-3-8-13-11)17(15,16)14-9-5-6-9/h3-4,8-9,14H,2,5-7H2,1H3,(H,12,13). The Morgan fingerprint density at radius 1 is 1.47 bits per heavy atom. The average Bonchev–Trinajstić information content (AvgIpc) is 3.10. The van der Waals surface area contributed by atoms with Crippen molar-refractivity contribution in [2.24, 2.45) is 0 Å². The smallest absolute Gasteiger partial charge is 0.244 e. The van der Waals surface area contributed by atoms with Crippen LogP contribution in [0.2, 0.25) is 0 Å². The molecule has 5 nitrogen and oxygen atoms in total. The number of aromatic nitrogens is 1. The van der Waals surface area contributed by atoms with Crippen LogP contribution in [0.4, 0.5) is 5.82 Å². The zero-order valence-corrected chi connectivity index (χ0v) is 10.6. The zero-order chi connectivity index (χ0) is 12.3. The monoisotopic (exact) mass is 255 g/mol. The second-order valence-corrected chi connectivity index (χ2v) is 5.85. The fourth-order valence-electron chi connectivity index (χ4n) is 1.47. The maximum atomic E-state index is 12.1. The van der Waals surface area contributed by atoms with E-state index in [2.05, 4.69) is 15.0 Å². The van der Waals surface area contributed by atoms with Gasteiger partial charge in [0, 0.05) is 18.8 Å². The lowest BCUT2D eigenvalue weighted by Gasteiger charge is -2.11. The van der Waals surface area contributed by atoms with Gasteiger partial charge in [-0.1, -0.05) is 6.92 Å². The van der Waals surface area contributed by atoms with Crippen LogP contribution in [0.25, 0.3) is 0 Å². The number of anilines is 1. The number of nitrogens with one attached hydrogen (secondary N) is 2. The van der Waals surface area contributed by atoms with Crippen molar-refractivity contribution >= 4 is 15.8 Å². The van der Waals surface area contributed by atoms with E-state index in [1.807, 2.05) is 6.92 Å². The Kier molecular flexibility index (Phi) is 3.63. The molecule has 1 aromatic heterocycles. The molecule has 2 rings (SSSR count). The first-order valence-electron chi connectivity index (χ1n) is 5.84. The molecule has 94 valence electrons. The quantitative estimate of drug-likeness (QED) is 0.805. The Balaban J connectivity index is 2.23. The normalized spacial score (nSPS) is 15.8. The number of pyridine rings is 1. The number of nitrogens with zero attached hydrogens (tertiary/aromatic N) is 1. The van der Waals surface area contributed by atoms with Crippen molar-refractivity contribution in [3.05, 3.63) is 18.3 Å². The summed E-state index contributed by atoms with van der Waals surface area (Å²) in [5.41, 5.74) is 0. The molecule has 17 heavy (non-hydrogen) atoms. The molecule has 1 fully saturated rings. The molecule has 1 aromatic rings. The lowest BCUT2D eigenvalue weighted by molar-refractivity contribution is 0.581. The third kappa shape index (κ3) is 3.17. The largest absolute Gasteiger partial charge is 0.369 e. The van der Waals surface area contributed by atoms with E-state index in [0.717, 1.165) is 19.3 Å². The van der Waals surface area contributed by atoms with E-state index in [0.29, 0.717) is 12.4 Å². The molecule has 1 aliphatic rings. The van der Waals surface area contributed by atoms with E-state index in [1.54, 1.807) is 18.3 Å². The van der Waals surface area contributed by atoms with Gasteiger partial charge in [-0.2, -0.15) is 0 Å². The summed E-state index contributed by atoms with van der Waals surface area (Å²) >= 11 is 0. The van der Waals surface area contributed by atoms with Crippen LogP contribution in [0.15, 0.2) is 23.2 Å². The van der Waals surface area contributed by atoms with Gasteiger partial charge in [0.15, 0.2) is 0 Å². The molecule has 0 saturated heterocycles. The summed E-state index contributed by atoms with van der Waals surface area (Å²) in [6, 6.07) is 3.33.